The van der Waals surface area contributed by atoms with Gasteiger partial charge in [-0.3, -0.25) is 4.84 Å². The third-order valence-electron chi connectivity index (χ3n) is 10.2. The molecule has 0 aromatic heterocycles. The zero-order valence-corrected chi connectivity index (χ0v) is 23.4. The first-order valence-corrected chi connectivity index (χ1v) is 14.4. The van der Waals surface area contributed by atoms with E-state index in [1.54, 1.807) is 5.57 Å². The molecule has 3 N–H and O–H groups in total. The lowest BCUT2D eigenvalue weighted by Gasteiger charge is -2.58. The van der Waals surface area contributed by atoms with E-state index in [0.29, 0.717) is 10.8 Å². The molecule has 33 heavy (non-hydrogen) atoms. The minimum absolute atomic E-state index is 0.0924. The average Bonchev–Trinajstić information content (AvgIpc) is 3.16. The van der Waals surface area contributed by atoms with Crippen molar-refractivity contribution in [2.75, 3.05) is 0 Å². The minimum atomic E-state index is -0.185. The Morgan fingerprint density at radius 3 is 2.36 bits per heavy atom. The summed E-state index contributed by atoms with van der Waals surface area (Å²) in [6.07, 6.45) is 17.6. The third-order valence-corrected chi connectivity index (χ3v) is 10.2. The van der Waals surface area contributed by atoms with Gasteiger partial charge < -0.3 is 5.11 Å². The Labute approximate surface area is 206 Å². The Morgan fingerprint density at radius 1 is 1.00 bits per heavy atom. The van der Waals surface area contributed by atoms with Crippen molar-refractivity contribution >= 4 is 0 Å². The van der Waals surface area contributed by atoms with E-state index in [9.17, 15) is 5.11 Å². The SMILES string of the molecule is CC.CC.CC(C)(CCCCC1CCC2C3CC=C4CC(O)CCC4(C)C3CCC12C)ON. The predicted octanol–water partition coefficient (Wildman–Crippen LogP) is 8.21. The summed E-state index contributed by atoms with van der Waals surface area (Å²) < 4.78 is 0. The molecule has 0 aromatic rings. The highest BCUT2D eigenvalue weighted by Gasteiger charge is 2.58. The van der Waals surface area contributed by atoms with E-state index in [0.717, 1.165) is 42.9 Å². The maximum absolute atomic E-state index is 10.2. The molecule has 7 atom stereocenters. The third kappa shape index (κ3) is 5.89. The highest BCUT2D eigenvalue weighted by atomic mass is 16.6. The van der Waals surface area contributed by atoms with Crippen molar-refractivity contribution in [2.24, 2.45) is 40.4 Å². The van der Waals surface area contributed by atoms with Gasteiger partial charge in [0.05, 0.1) is 11.7 Å². The molecule has 0 aromatic carbocycles. The van der Waals surface area contributed by atoms with Crippen LogP contribution in [-0.4, -0.2) is 16.8 Å². The topological polar surface area (TPSA) is 55.5 Å². The van der Waals surface area contributed by atoms with Gasteiger partial charge in [0.2, 0.25) is 0 Å². The van der Waals surface area contributed by atoms with Gasteiger partial charge in [-0.15, -0.1) is 0 Å². The van der Waals surface area contributed by atoms with Crippen LogP contribution >= 0.6 is 0 Å². The molecule has 4 aliphatic rings. The first-order chi connectivity index (χ1) is 15.7. The predicted molar refractivity (Wildman–Crippen MR) is 142 cm³/mol. The van der Waals surface area contributed by atoms with Crippen LogP contribution in [0.15, 0.2) is 11.6 Å². The summed E-state index contributed by atoms with van der Waals surface area (Å²) in [6.45, 7) is 17.4. The number of aliphatic hydroxyl groups is 1. The highest BCUT2D eigenvalue weighted by molar-refractivity contribution is 5.25. The molecule has 3 heteroatoms. The first-order valence-electron chi connectivity index (χ1n) is 14.4. The van der Waals surface area contributed by atoms with E-state index >= 15 is 0 Å². The lowest BCUT2D eigenvalue weighted by Crippen LogP contribution is -2.50. The van der Waals surface area contributed by atoms with Crippen molar-refractivity contribution in [3.8, 4) is 0 Å². The summed E-state index contributed by atoms with van der Waals surface area (Å²) >= 11 is 0. The van der Waals surface area contributed by atoms with Crippen molar-refractivity contribution < 1.29 is 9.94 Å². The smallest absolute Gasteiger partial charge is 0.0838 e. The molecule has 0 heterocycles. The molecule has 0 radical (unpaired) electrons. The molecule has 0 bridgehead atoms. The van der Waals surface area contributed by atoms with Gasteiger partial charge in [0.25, 0.3) is 0 Å². The van der Waals surface area contributed by atoms with Crippen LogP contribution < -0.4 is 5.90 Å². The van der Waals surface area contributed by atoms with Crippen molar-refractivity contribution in [2.45, 2.75) is 144 Å². The lowest BCUT2D eigenvalue weighted by atomic mass is 9.47. The number of hydrogen-bond acceptors (Lipinski definition) is 3. The number of aliphatic hydroxyl groups excluding tert-OH is 1. The van der Waals surface area contributed by atoms with Crippen molar-refractivity contribution in [1.82, 2.24) is 0 Å². The Bertz CT molecular complexity index is 629. The number of rotatable bonds is 6. The average molecular weight is 464 g/mol. The summed E-state index contributed by atoms with van der Waals surface area (Å²) in [5, 5.41) is 10.2. The lowest BCUT2D eigenvalue weighted by molar-refractivity contribution is -0.0515. The standard InChI is InChI=1S/C26H45NO2.2C2H6/c1-24(2,29-27)14-6-5-7-18-9-11-22-21-10-8-19-17-20(28)12-15-26(19,4)23(21)13-16-25(18,22)3;2*1-2/h8,18,20-23,28H,5-7,9-17,27H2,1-4H3;2*1-2H3. The second-order valence-corrected chi connectivity index (χ2v) is 12.1. The van der Waals surface area contributed by atoms with Gasteiger partial charge in [-0.25, -0.2) is 5.90 Å². The summed E-state index contributed by atoms with van der Waals surface area (Å²) in [4.78, 5) is 5.11. The first kappa shape index (κ1) is 28.9. The fourth-order valence-corrected chi connectivity index (χ4v) is 8.23. The summed E-state index contributed by atoms with van der Waals surface area (Å²) in [5.74, 6) is 8.98. The van der Waals surface area contributed by atoms with E-state index in [1.165, 1.54) is 57.8 Å². The van der Waals surface area contributed by atoms with Crippen LogP contribution in [0, 0.1) is 34.5 Å². The molecule has 7 unspecified atom stereocenters. The molecule has 0 aliphatic heterocycles. The fourth-order valence-electron chi connectivity index (χ4n) is 8.23. The minimum Gasteiger partial charge on any atom is -0.393 e. The van der Waals surface area contributed by atoms with Gasteiger partial charge in [0.15, 0.2) is 0 Å². The van der Waals surface area contributed by atoms with Crippen LogP contribution in [-0.2, 0) is 4.84 Å². The zero-order chi connectivity index (χ0) is 24.9. The van der Waals surface area contributed by atoms with Gasteiger partial charge in [-0.05, 0) is 113 Å². The van der Waals surface area contributed by atoms with Crippen LogP contribution in [0.4, 0.5) is 0 Å². The second-order valence-electron chi connectivity index (χ2n) is 12.1. The highest BCUT2D eigenvalue weighted by Crippen LogP contribution is 2.66. The summed E-state index contributed by atoms with van der Waals surface area (Å²) in [5.41, 5.74) is 2.34. The fraction of sp³-hybridized carbons (Fsp3) is 0.933. The molecule has 3 saturated carbocycles. The number of allylic oxidation sites excluding steroid dienone is 1. The Balaban J connectivity index is 0.000000914. The molecule has 0 saturated heterocycles. The molecular weight excluding hydrogens is 406 g/mol. The van der Waals surface area contributed by atoms with E-state index in [2.05, 4.69) is 33.8 Å². The van der Waals surface area contributed by atoms with Crippen molar-refractivity contribution in [3.63, 3.8) is 0 Å². The molecule has 3 fully saturated rings. The van der Waals surface area contributed by atoms with Crippen LogP contribution in [0.25, 0.3) is 0 Å². The maximum Gasteiger partial charge on any atom is 0.0838 e. The monoisotopic (exact) mass is 463 g/mol. The molecule has 0 amide bonds. The molecule has 4 rings (SSSR count). The quantitative estimate of drug-likeness (QED) is 0.237. The van der Waals surface area contributed by atoms with E-state index in [4.69, 9.17) is 10.7 Å². The number of fused-ring (bicyclic) bond motifs is 5. The largest absolute Gasteiger partial charge is 0.393 e. The Hall–Kier alpha value is -0.380. The number of nitrogens with two attached hydrogens (primary N) is 1. The molecule has 194 valence electrons. The molecular formula is C30H57NO2. The summed E-state index contributed by atoms with van der Waals surface area (Å²) in [6, 6.07) is 0. The zero-order valence-electron chi connectivity index (χ0n) is 23.4. The molecule has 3 nitrogen and oxygen atoms in total. The Kier molecular flexibility index (Phi) is 10.5. The van der Waals surface area contributed by atoms with E-state index in [1.807, 2.05) is 27.7 Å². The molecule has 4 aliphatic carbocycles. The second kappa shape index (κ2) is 12.0. The van der Waals surface area contributed by atoms with Crippen LogP contribution in [0.1, 0.15) is 132 Å². The number of hydrogen-bond donors (Lipinski definition) is 2. The van der Waals surface area contributed by atoms with E-state index < -0.39 is 0 Å². The van der Waals surface area contributed by atoms with Gasteiger partial charge in [-0.1, -0.05) is 66.0 Å². The summed E-state index contributed by atoms with van der Waals surface area (Å²) in [7, 11) is 0. The van der Waals surface area contributed by atoms with Crippen LogP contribution in [0.2, 0.25) is 0 Å². The normalized spacial score (nSPS) is 39.6. The van der Waals surface area contributed by atoms with Crippen LogP contribution in [0.3, 0.4) is 0 Å². The molecule has 0 spiro atoms. The van der Waals surface area contributed by atoms with Gasteiger partial charge >= 0.3 is 0 Å². The van der Waals surface area contributed by atoms with Crippen molar-refractivity contribution in [1.29, 1.82) is 0 Å². The van der Waals surface area contributed by atoms with Crippen molar-refractivity contribution in [3.05, 3.63) is 11.6 Å². The maximum atomic E-state index is 10.2. The van der Waals surface area contributed by atoms with Gasteiger partial charge in [0, 0.05) is 0 Å². The van der Waals surface area contributed by atoms with Gasteiger partial charge in [-0.2, -0.15) is 0 Å². The Morgan fingerprint density at radius 2 is 1.70 bits per heavy atom. The number of unbranched alkanes of at least 4 members (excludes halogenated alkanes) is 1. The van der Waals surface area contributed by atoms with E-state index in [-0.39, 0.29) is 11.7 Å². The van der Waals surface area contributed by atoms with Gasteiger partial charge in [0.1, 0.15) is 0 Å². The van der Waals surface area contributed by atoms with Crippen LogP contribution in [0.5, 0.6) is 0 Å².